The lowest BCUT2D eigenvalue weighted by molar-refractivity contribution is 0.0953. The van der Waals surface area contributed by atoms with Gasteiger partial charge in [0.1, 0.15) is 29.6 Å². The summed E-state index contributed by atoms with van der Waals surface area (Å²) in [6.45, 7) is 2.41. The Hall–Kier alpha value is -3.29. The predicted molar refractivity (Wildman–Crippen MR) is 93.5 cm³/mol. The van der Waals surface area contributed by atoms with Crippen LogP contribution in [-0.4, -0.2) is 27.2 Å². The monoisotopic (exact) mass is 370 g/mol. The van der Waals surface area contributed by atoms with Gasteiger partial charge in [0.2, 0.25) is 5.88 Å². The number of hydrogen-bond donors (Lipinski definition) is 0. The fourth-order valence-corrected chi connectivity index (χ4v) is 3.04. The molecule has 0 unspecified atom stereocenters. The van der Waals surface area contributed by atoms with Crippen LogP contribution >= 0.6 is 0 Å². The molecular weight excluding hydrogens is 354 g/mol. The lowest BCUT2D eigenvalue weighted by atomic mass is 10.1. The summed E-state index contributed by atoms with van der Waals surface area (Å²) >= 11 is 0. The molecular formula is C19H16F2N4O2. The number of ether oxygens (including phenoxy) is 1. The van der Waals surface area contributed by atoms with Crippen molar-refractivity contribution < 1.29 is 18.3 Å². The number of halogens is 2. The summed E-state index contributed by atoms with van der Waals surface area (Å²) < 4.78 is 33.6. The number of nitrogens with zero attached hydrogens (tertiary/aromatic N) is 4. The molecule has 6 nitrogen and oxygen atoms in total. The first kappa shape index (κ1) is 17.1. The fourth-order valence-electron chi connectivity index (χ4n) is 3.04. The molecule has 4 rings (SSSR count). The van der Waals surface area contributed by atoms with Gasteiger partial charge < -0.3 is 9.64 Å². The molecule has 1 aromatic carbocycles. The van der Waals surface area contributed by atoms with Crippen LogP contribution < -0.4 is 9.64 Å². The molecule has 1 atom stereocenters. The Kier molecular flexibility index (Phi) is 4.31. The third-order valence-corrected chi connectivity index (χ3v) is 4.30. The van der Waals surface area contributed by atoms with Gasteiger partial charge in [-0.1, -0.05) is 6.07 Å². The number of amides is 1. The smallest absolute Gasteiger partial charge is 0.276 e. The summed E-state index contributed by atoms with van der Waals surface area (Å²) in [6.07, 6.45) is 1.07. The van der Waals surface area contributed by atoms with Gasteiger partial charge in [0.25, 0.3) is 5.91 Å². The number of rotatable bonds is 4. The molecule has 0 fully saturated rings. The molecule has 0 saturated carbocycles. The summed E-state index contributed by atoms with van der Waals surface area (Å²) in [5.41, 5.74) is 1.47. The maximum absolute atomic E-state index is 13.5. The first-order valence-electron chi connectivity index (χ1n) is 8.41. The van der Waals surface area contributed by atoms with Gasteiger partial charge in [-0.25, -0.2) is 13.8 Å². The van der Waals surface area contributed by atoms with Crippen LogP contribution in [0.3, 0.4) is 0 Å². The first-order valence-corrected chi connectivity index (χ1v) is 8.41. The topological polar surface area (TPSA) is 60.3 Å². The van der Waals surface area contributed by atoms with Crippen molar-refractivity contribution in [3.8, 4) is 5.88 Å². The van der Waals surface area contributed by atoms with E-state index in [0.717, 1.165) is 6.20 Å². The van der Waals surface area contributed by atoms with E-state index in [4.69, 9.17) is 4.74 Å². The summed E-state index contributed by atoms with van der Waals surface area (Å²) in [4.78, 5) is 18.2. The van der Waals surface area contributed by atoms with Crippen LogP contribution in [0.1, 0.15) is 29.1 Å². The molecule has 1 amide bonds. The SMILES string of the molecule is C[C@@H]1CN(c2cccc(F)c2)C(=O)c2cc(COc3ccc(F)cn3)nn21. The van der Waals surface area contributed by atoms with E-state index in [2.05, 4.69) is 10.1 Å². The molecule has 3 aromatic rings. The largest absolute Gasteiger partial charge is 0.471 e. The van der Waals surface area contributed by atoms with E-state index >= 15 is 0 Å². The number of aromatic nitrogens is 3. The van der Waals surface area contributed by atoms with Crippen LogP contribution in [0.15, 0.2) is 48.7 Å². The molecule has 3 heterocycles. The second-order valence-corrected chi connectivity index (χ2v) is 6.31. The lowest BCUT2D eigenvalue weighted by Crippen LogP contribution is -2.42. The first-order chi connectivity index (χ1) is 13.0. The second-order valence-electron chi connectivity index (χ2n) is 6.31. The number of hydrogen-bond acceptors (Lipinski definition) is 4. The van der Waals surface area contributed by atoms with Crippen LogP contribution in [0, 0.1) is 11.6 Å². The Balaban J connectivity index is 1.55. The molecule has 0 aliphatic carbocycles. The number of carbonyl (C=O) groups is 1. The Morgan fingerprint density at radius 2 is 2.04 bits per heavy atom. The van der Waals surface area contributed by atoms with Crippen LogP contribution in [0.4, 0.5) is 14.5 Å². The van der Waals surface area contributed by atoms with Crippen molar-refractivity contribution in [2.45, 2.75) is 19.6 Å². The third-order valence-electron chi connectivity index (χ3n) is 4.30. The highest BCUT2D eigenvalue weighted by Gasteiger charge is 2.31. The molecule has 2 aromatic heterocycles. The zero-order valence-corrected chi connectivity index (χ0v) is 14.5. The molecule has 27 heavy (non-hydrogen) atoms. The highest BCUT2D eigenvalue weighted by molar-refractivity contribution is 6.05. The average molecular weight is 370 g/mol. The molecule has 138 valence electrons. The maximum atomic E-state index is 13.5. The maximum Gasteiger partial charge on any atom is 0.276 e. The van der Waals surface area contributed by atoms with Gasteiger partial charge in [-0.3, -0.25) is 9.48 Å². The Bertz CT molecular complexity index is 988. The van der Waals surface area contributed by atoms with Crippen LogP contribution in [0.5, 0.6) is 5.88 Å². The van der Waals surface area contributed by atoms with Crippen LogP contribution in [0.2, 0.25) is 0 Å². The summed E-state index contributed by atoms with van der Waals surface area (Å²) in [5.74, 6) is -0.829. The Morgan fingerprint density at radius 1 is 1.19 bits per heavy atom. The Labute approximate surface area is 154 Å². The minimum atomic E-state index is -0.448. The molecule has 1 aliphatic heterocycles. The van der Waals surface area contributed by atoms with Crippen molar-refractivity contribution in [1.29, 1.82) is 0 Å². The van der Waals surface area contributed by atoms with Gasteiger partial charge in [0, 0.05) is 18.3 Å². The highest BCUT2D eigenvalue weighted by Crippen LogP contribution is 2.27. The van der Waals surface area contributed by atoms with Gasteiger partial charge in [-0.2, -0.15) is 5.10 Å². The predicted octanol–water partition coefficient (Wildman–Crippen LogP) is 3.36. The van der Waals surface area contributed by atoms with E-state index in [0.29, 0.717) is 23.6 Å². The fraction of sp³-hybridized carbons (Fsp3) is 0.211. The van der Waals surface area contributed by atoms with E-state index in [1.54, 1.807) is 22.9 Å². The Morgan fingerprint density at radius 3 is 2.78 bits per heavy atom. The number of carbonyl (C=O) groups excluding carboxylic acids is 1. The van der Waals surface area contributed by atoms with Crippen molar-refractivity contribution in [3.05, 3.63) is 71.7 Å². The molecule has 0 radical (unpaired) electrons. The molecule has 0 bridgehead atoms. The summed E-state index contributed by atoms with van der Waals surface area (Å²) in [5, 5.41) is 4.43. The number of benzene rings is 1. The van der Waals surface area contributed by atoms with Gasteiger partial charge in [0.15, 0.2) is 0 Å². The standard InChI is InChI=1S/C19H16F2N4O2/c1-12-10-24(16-4-2-3-13(20)7-16)19(26)17-8-15(23-25(12)17)11-27-18-6-5-14(21)9-22-18/h2-9,12H,10-11H2,1H3/t12-/m1/s1. The molecule has 8 heteroatoms. The molecule has 1 aliphatic rings. The quantitative estimate of drug-likeness (QED) is 0.707. The number of fused-ring (bicyclic) bond motifs is 1. The van der Waals surface area contributed by atoms with Gasteiger partial charge in [-0.05, 0) is 37.3 Å². The van der Waals surface area contributed by atoms with Crippen LogP contribution in [-0.2, 0) is 6.61 Å². The summed E-state index contributed by atoms with van der Waals surface area (Å²) in [6, 6.07) is 10.2. The highest BCUT2D eigenvalue weighted by atomic mass is 19.1. The van der Waals surface area contributed by atoms with Crippen molar-refractivity contribution in [1.82, 2.24) is 14.8 Å². The van der Waals surface area contributed by atoms with E-state index in [1.165, 1.54) is 29.2 Å². The molecule has 0 N–H and O–H groups in total. The zero-order valence-electron chi connectivity index (χ0n) is 14.5. The summed E-state index contributed by atoms with van der Waals surface area (Å²) in [7, 11) is 0. The normalized spacial score (nSPS) is 16.3. The van der Waals surface area contributed by atoms with E-state index in [-0.39, 0.29) is 24.4 Å². The van der Waals surface area contributed by atoms with Crippen molar-refractivity contribution in [2.75, 3.05) is 11.4 Å². The third kappa shape index (κ3) is 3.38. The lowest BCUT2D eigenvalue weighted by Gasteiger charge is -2.31. The van der Waals surface area contributed by atoms with Crippen molar-refractivity contribution >= 4 is 11.6 Å². The van der Waals surface area contributed by atoms with Gasteiger partial charge in [0.05, 0.1) is 12.2 Å². The molecule has 0 spiro atoms. The van der Waals surface area contributed by atoms with Crippen molar-refractivity contribution in [3.63, 3.8) is 0 Å². The second kappa shape index (κ2) is 6.79. The number of pyridine rings is 1. The van der Waals surface area contributed by atoms with E-state index in [9.17, 15) is 13.6 Å². The van der Waals surface area contributed by atoms with E-state index in [1.807, 2.05) is 6.92 Å². The van der Waals surface area contributed by atoms with E-state index < -0.39 is 11.6 Å². The minimum absolute atomic E-state index is 0.0846. The van der Waals surface area contributed by atoms with Crippen molar-refractivity contribution in [2.24, 2.45) is 0 Å². The number of anilines is 1. The minimum Gasteiger partial charge on any atom is -0.471 e. The van der Waals surface area contributed by atoms with Gasteiger partial charge in [-0.15, -0.1) is 0 Å². The van der Waals surface area contributed by atoms with Crippen LogP contribution in [0.25, 0.3) is 0 Å². The molecule has 0 saturated heterocycles. The van der Waals surface area contributed by atoms with Gasteiger partial charge >= 0.3 is 0 Å². The average Bonchev–Trinajstić information content (AvgIpc) is 3.09. The zero-order chi connectivity index (χ0) is 19.0.